The van der Waals surface area contributed by atoms with Gasteiger partial charge in [0.15, 0.2) is 0 Å². The summed E-state index contributed by atoms with van der Waals surface area (Å²) in [5, 5.41) is 3.36. The average molecular weight is 246 g/mol. The molecule has 0 aliphatic carbocycles. The number of hydrogen-bond donors (Lipinski definition) is 1. The van der Waals surface area contributed by atoms with Crippen LogP contribution >= 0.6 is 0 Å². The maximum absolute atomic E-state index is 5.34. The molecule has 18 heavy (non-hydrogen) atoms. The van der Waals surface area contributed by atoms with Crippen LogP contribution in [0.1, 0.15) is 26.5 Å². The highest BCUT2D eigenvalue weighted by Crippen LogP contribution is 2.08. The van der Waals surface area contributed by atoms with Crippen molar-refractivity contribution in [1.29, 1.82) is 0 Å². The van der Waals surface area contributed by atoms with Gasteiger partial charge < -0.3 is 10.2 Å². The van der Waals surface area contributed by atoms with Crippen LogP contribution in [-0.2, 0) is 6.54 Å². The van der Waals surface area contributed by atoms with Gasteiger partial charge in [-0.1, -0.05) is 19.8 Å². The van der Waals surface area contributed by atoms with E-state index in [1.165, 1.54) is 0 Å². The number of nitrogens with one attached hydrogen (secondary N) is 1. The molecule has 0 aromatic carbocycles. The third-order valence-corrected chi connectivity index (χ3v) is 2.52. The third-order valence-electron chi connectivity index (χ3n) is 2.52. The minimum Gasteiger partial charge on any atom is -0.344 e. The molecule has 98 valence electrons. The third kappa shape index (κ3) is 4.72. The number of hydrogen-bond acceptors (Lipinski definition) is 4. The smallest absolute Gasteiger partial charge is 0.148 e. The zero-order valence-electron chi connectivity index (χ0n) is 11.5. The molecule has 0 saturated carbocycles. The molecule has 0 fully saturated rings. The summed E-state index contributed by atoms with van der Waals surface area (Å²) >= 11 is 0. The maximum atomic E-state index is 5.34. The second-order valence-corrected chi connectivity index (χ2v) is 4.61. The van der Waals surface area contributed by atoms with Gasteiger partial charge in [0.25, 0.3) is 0 Å². The van der Waals surface area contributed by atoms with Crippen molar-refractivity contribution < 1.29 is 0 Å². The monoisotopic (exact) mass is 246 g/mol. The first-order valence-corrected chi connectivity index (χ1v) is 6.37. The predicted octanol–water partition coefficient (Wildman–Crippen LogP) is 1.68. The lowest BCUT2D eigenvalue weighted by Gasteiger charge is -2.19. The van der Waals surface area contributed by atoms with Crippen molar-refractivity contribution in [2.45, 2.75) is 27.3 Å². The molecule has 4 heteroatoms. The van der Waals surface area contributed by atoms with Gasteiger partial charge in [-0.25, -0.2) is 4.98 Å². The summed E-state index contributed by atoms with van der Waals surface area (Å²) in [6.07, 6.45) is 8.89. The van der Waals surface area contributed by atoms with Gasteiger partial charge in [-0.05, 0) is 19.4 Å². The highest BCUT2D eigenvalue weighted by molar-refractivity contribution is 5.37. The molecule has 1 N–H and O–H groups in total. The molecule has 1 aromatic rings. The molecule has 0 aliphatic heterocycles. The van der Waals surface area contributed by atoms with Crippen LogP contribution < -0.4 is 10.2 Å². The summed E-state index contributed by atoms with van der Waals surface area (Å²) in [4.78, 5) is 10.8. The van der Waals surface area contributed by atoms with E-state index in [9.17, 15) is 0 Å². The molecule has 1 rings (SSSR count). The molecule has 0 saturated heterocycles. The van der Waals surface area contributed by atoms with Crippen LogP contribution in [0.15, 0.2) is 12.4 Å². The van der Waals surface area contributed by atoms with E-state index in [-0.39, 0.29) is 0 Å². The lowest BCUT2D eigenvalue weighted by molar-refractivity contribution is 0.547. The van der Waals surface area contributed by atoms with Gasteiger partial charge in [-0.15, -0.1) is 6.42 Å². The summed E-state index contributed by atoms with van der Waals surface area (Å²) < 4.78 is 0. The van der Waals surface area contributed by atoms with E-state index < -0.39 is 0 Å². The van der Waals surface area contributed by atoms with E-state index in [1.807, 2.05) is 4.90 Å². The molecule has 0 atom stereocenters. The molecule has 0 radical (unpaired) electrons. The standard InChI is InChI=1S/C14H22N4/c1-5-7-18(6-2)14-11-16-10-13(17-14)9-15-8-12(3)4/h1,10-12,15H,6-9H2,2-4H3. The Balaban J connectivity index is 2.64. The van der Waals surface area contributed by atoms with Crippen LogP contribution in [0.5, 0.6) is 0 Å². The normalized spacial score (nSPS) is 10.4. The fourth-order valence-corrected chi connectivity index (χ4v) is 1.59. The first kappa shape index (κ1) is 14.5. The minimum absolute atomic E-state index is 0.564. The summed E-state index contributed by atoms with van der Waals surface area (Å²) in [7, 11) is 0. The van der Waals surface area contributed by atoms with Gasteiger partial charge in [0, 0.05) is 19.3 Å². The van der Waals surface area contributed by atoms with E-state index in [2.05, 4.69) is 42.0 Å². The average Bonchev–Trinajstić information content (AvgIpc) is 2.36. The Morgan fingerprint density at radius 3 is 2.83 bits per heavy atom. The number of rotatable bonds is 7. The van der Waals surface area contributed by atoms with Gasteiger partial charge in [0.2, 0.25) is 0 Å². The molecular weight excluding hydrogens is 224 g/mol. The van der Waals surface area contributed by atoms with Crippen LogP contribution in [0.2, 0.25) is 0 Å². The van der Waals surface area contributed by atoms with Crippen molar-refractivity contribution >= 4 is 5.82 Å². The lowest BCUT2D eigenvalue weighted by Crippen LogP contribution is -2.25. The van der Waals surface area contributed by atoms with Crippen LogP contribution in [0.25, 0.3) is 0 Å². The van der Waals surface area contributed by atoms with Gasteiger partial charge in [0.05, 0.1) is 18.4 Å². The second kappa shape index (κ2) is 7.67. The van der Waals surface area contributed by atoms with Gasteiger partial charge in [-0.2, -0.15) is 0 Å². The molecular formula is C14H22N4. The molecule has 0 spiro atoms. The number of nitrogens with zero attached hydrogens (tertiary/aromatic N) is 3. The Morgan fingerprint density at radius 2 is 2.22 bits per heavy atom. The Kier molecular flexibility index (Phi) is 6.16. The van der Waals surface area contributed by atoms with Gasteiger partial charge >= 0.3 is 0 Å². The van der Waals surface area contributed by atoms with Gasteiger partial charge in [0.1, 0.15) is 5.82 Å². The van der Waals surface area contributed by atoms with Crippen LogP contribution in [0.4, 0.5) is 5.82 Å². The van der Waals surface area contributed by atoms with Crippen molar-refractivity contribution in [2.75, 3.05) is 24.5 Å². The molecule has 0 aliphatic rings. The van der Waals surface area contributed by atoms with Crippen LogP contribution in [0.3, 0.4) is 0 Å². The summed E-state index contributed by atoms with van der Waals surface area (Å²) in [5.41, 5.74) is 0.948. The molecule has 1 heterocycles. The summed E-state index contributed by atoms with van der Waals surface area (Å²) in [6.45, 7) is 9.54. The predicted molar refractivity (Wildman–Crippen MR) is 75.3 cm³/mol. The van der Waals surface area contributed by atoms with E-state index >= 15 is 0 Å². The Bertz CT molecular complexity index is 395. The quantitative estimate of drug-likeness (QED) is 0.743. The number of aromatic nitrogens is 2. The lowest BCUT2D eigenvalue weighted by atomic mass is 10.2. The van der Waals surface area contributed by atoms with E-state index in [0.29, 0.717) is 12.5 Å². The first-order valence-electron chi connectivity index (χ1n) is 6.37. The summed E-state index contributed by atoms with van der Waals surface area (Å²) in [5.74, 6) is 4.12. The number of anilines is 1. The Hall–Kier alpha value is -1.60. The van der Waals surface area contributed by atoms with E-state index in [4.69, 9.17) is 6.42 Å². The van der Waals surface area contributed by atoms with E-state index in [0.717, 1.165) is 31.1 Å². The molecule has 1 aromatic heterocycles. The van der Waals surface area contributed by atoms with Crippen molar-refractivity contribution in [3.63, 3.8) is 0 Å². The molecule has 0 bridgehead atoms. The fraction of sp³-hybridized carbons (Fsp3) is 0.571. The Labute approximate surface area is 110 Å². The molecule has 0 amide bonds. The molecule has 0 unspecified atom stereocenters. The van der Waals surface area contributed by atoms with Crippen molar-refractivity contribution in [1.82, 2.24) is 15.3 Å². The highest BCUT2D eigenvalue weighted by Gasteiger charge is 2.05. The SMILES string of the molecule is C#CCN(CC)c1cncc(CNCC(C)C)n1. The minimum atomic E-state index is 0.564. The number of terminal acetylenes is 1. The highest BCUT2D eigenvalue weighted by atomic mass is 15.2. The van der Waals surface area contributed by atoms with E-state index in [1.54, 1.807) is 12.4 Å². The largest absolute Gasteiger partial charge is 0.344 e. The van der Waals surface area contributed by atoms with Crippen LogP contribution in [-0.4, -0.2) is 29.6 Å². The topological polar surface area (TPSA) is 41.1 Å². The van der Waals surface area contributed by atoms with Gasteiger partial charge in [-0.3, -0.25) is 4.98 Å². The van der Waals surface area contributed by atoms with Crippen molar-refractivity contribution in [2.24, 2.45) is 5.92 Å². The summed E-state index contributed by atoms with van der Waals surface area (Å²) in [6, 6.07) is 0. The molecule has 4 nitrogen and oxygen atoms in total. The maximum Gasteiger partial charge on any atom is 0.148 e. The van der Waals surface area contributed by atoms with Crippen molar-refractivity contribution in [3.8, 4) is 12.3 Å². The fourth-order valence-electron chi connectivity index (χ4n) is 1.59. The Morgan fingerprint density at radius 1 is 1.44 bits per heavy atom. The second-order valence-electron chi connectivity index (χ2n) is 4.61. The first-order chi connectivity index (χ1) is 8.67. The van der Waals surface area contributed by atoms with Crippen molar-refractivity contribution in [3.05, 3.63) is 18.1 Å². The zero-order chi connectivity index (χ0) is 13.4. The van der Waals surface area contributed by atoms with Crippen LogP contribution in [0, 0.1) is 18.3 Å². The zero-order valence-corrected chi connectivity index (χ0v) is 11.5.